The highest BCUT2D eigenvalue weighted by Gasteiger charge is 2.06. The van der Waals surface area contributed by atoms with Gasteiger partial charge in [-0.1, -0.05) is 11.6 Å². The molecule has 0 spiro atoms. The van der Waals surface area contributed by atoms with E-state index < -0.39 is 0 Å². The molecule has 1 aromatic heterocycles. The molecule has 1 heterocycles. The van der Waals surface area contributed by atoms with Gasteiger partial charge in [0, 0.05) is 27.0 Å². The molecule has 0 aromatic carbocycles. The van der Waals surface area contributed by atoms with Crippen LogP contribution in [0.3, 0.4) is 0 Å². The Morgan fingerprint density at radius 2 is 2.27 bits per heavy atom. The number of anilines is 1. The van der Waals surface area contributed by atoms with E-state index in [1.54, 1.807) is 26.5 Å². The Morgan fingerprint density at radius 3 is 2.80 bits per heavy atom. The van der Waals surface area contributed by atoms with Crippen molar-refractivity contribution in [1.29, 1.82) is 0 Å². The lowest BCUT2D eigenvalue weighted by Gasteiger charge is -2.15. The number of halogens is 1. The SMILES string of the molecule is COCC(CNc1ccc(Cl)cn1)OC. The van der Waals surface area contributed by atoms with E-state index in [1.165, 1.54) is 0 Å². The van der Waals surface area contributed by atoms with Crippen LogP contribution in [0.1, 0.15) is 0 Å². The average molecular weight is 231 g/mol. The molecule has 0 aliphatic heterocycles. The van der Waals surface area contributed by atoms with Crippen LogP contribution in [0, 0.1) is 0 Å². The molecule has 1 aromatic rings. The molecule has 1 unspecified atom stereocenters. The van der Waals surface area contributed by atoms with Crippen LogP contribution in [-0.2, 0) is 9.47 Å². The second kappa shape index (κ2) is 6.61. The largest absolute Gasteiger partial charge is 0.382 e. The van der Waals surface area contributed by atoms with Crippen molar-refractivity contribution in [3.05, 3.63) is 23.4 Å². The molecule has 5 heteroatoms. The van der Waals surface area contributed by atoms with E-state index in [-0.39, 0.29) is 6.10 Å². The lowest BCUT2D eigenvalue weighted by atomic mass is 10.3. The number of pyridine rings is 1. The minimum atomic E-state index is 0.0208. The maximum Gasteiger partial charge on any atom is 0.126 e. The standard InChI is InChI=1S/C10H15ClN2O2/c1-14-7-9(15-2)6-13-10-4-3-8(11)5-12-10/h3-5,9H,6-7H2,1-2H3,(H,12,13). The summed E-state index contributed by atoms with van der Waals surface area (Å²) in [6.45, 7) is 1.20. The van der Waals surface area contributed by atoms with Crippen molar-refractivity contribution in [3.8, 4) is 0 Å². The summed E-state index contributed by atoms with van der Waals surface area (Å²) in [5.74, 6) is 0.776. The zero-order valence-corrected chi connectivity index (χ0v) is 9.62. The van der Waals surface area contributed by atoms with Gasteiger partial charge in [-0.05, 0) is 12.1 Å². The van der Waals surface area contributed by atoms with Crippen LogP contribution in [0.2, 0.25) is 5.02 Å². The summed E-state index contributed by atoms with van der Waals surface area (Å²) in [6, 6.07) is 3.61. The molecule has 1 atom stereocenters. The van der Waals surface area contributed by atoms with Crippen molar-refractivity contribution >= 4 is 17.4 Å². The molecule has 0 aliphatic rings. The molecule has 0 aliphatic carbocycles. The number of nitrogens with zero attached hydrogens (tertiary/aromatic N) is 1. The number of aromatic nitrogens is 1. The minimum Gasteiger partial charge on any atom is -0.382 e. The molecule has 0 radical (unpaired) electrons. The minimum absolute atomic E-state index is 0.0208. The maximum absolute atomic E-state index is 5.72. The highest BCUT2D eigenvalue weighted by Crippen LogP contribution is 2.09. The van der Waals surface area contributed by atoms with Gasteiger partial charge < -0.3 is 14.8 Å². The Morgan fingerprint density at radius 1 is 1.47 bits per heavy atom. The van der Waals surface area contributed by atoms with E-state index >= 15 is 0 Å². The quantitative estimate of drug-likeness (QED) is 0.810. The predicted octanol–water partition coefficient (Wildman–Crippen LogP) is 1.81. The number of hydrogen-bond acceptors (Lipinski definition) is 4. The van der Waals surface area contributed by atoms with Gasteiger partial charge in [0.2, 0.25) is 0 Å². The Kier molecular flexibility index (Phi) is 5.39. The Labute approximate surface area is 94.6 Å². The van der Waals surface area contributed by atoms with Gasteiger partial charge in [-0.3, -0.25) is 0 Å². The first-order valence-corrected chi connectivity index (χ1v) is 5.01. The van der Waals surface area contributed by atoms with Gasteiger partial charge in [-0.2, -0.15) is 0 Å². The first-order chi connectivity index (χ1) is 7.26. The maximum atomic E-state index is 5.72. The second-order valence-corrected chi connectivity index (χ2v) is 3.49. The fourth-order valence-electron chi connectivity index (χ4n) is 1.09. The zero-order chi connectivity index (χ0) is 11.1. The van der Waals surface area contributed by atoms with Crippen LogP contribution in [-0.4, -0.2) is 38.5 Å². The van der Waals surface area contributed by atoms with Crippen LogP contribution in [0.25, 0.3) is 0 Å². The Bertz CT molecular complexity index is 279. The molecular weight excluding hydrogens is 216 g/mol. The topological polar surface area (TPSA) is 43.4 Å². The predicted molar refractivity (Wildman–Crippen MR) is 60.4 cm³/mol. The lowest BCUT2D eigenvalue weighted by molar-refractivity contribution is 0.0365. The van der Waals surface area contributed by atoms with Gasteiger partial charge in [-0.15, -0.1) is 0 Å². The number of nitrogens with one attached hydrogen (secondary N) is 1. The lowest BCUT2D eigenvalue weighted by Crippen LogP contribution is -2.26. The van der Waals surface area contributed by atoms with Crippen LogP contribution in [0.5, 0.6) is 0 Å². The smallest absolute Gasteiger partial charge is 0.126 e. The summed E-state index contributed by atoms with van der Waals surface area (Å²) in [7, 11) is 3.30. The molecule has 1 rings (SSSR count). The van der Waals surface area contributed by atoms with E-state index in [0.717, 1.165) is 5.82 Å². The molecule has 1 N–H and O–H groups in total. The van der Waals surface area contributed by atoms with E-state index in [0.29, 0.717) is 18.2 Å². The van der Waals surface area contributed by atoms with Crippen molar-refractivity contribution < 1.29 is 9.47 Å². The van der Waals surface area contributed by atoms with E-state index in [1.807, 2.05) is 6.07 Å². The highest BCUT2D eigenvalue weighted by molar-refractivity contribution is 6.30. The molecule has 84 valence electrons. The van der Waals surface area contributed by atoms with Gasteiger partial charge in [0.15, 0.2) is 0 Å². The monoisotopic (exact) mass is 230 g/mol. The molecule has 0 saturated carbocycles. The summed E-state index contributed by atoms with van der Waals surface area (Å²) < 4.78 is 10.2. The summed E-state index contributed by atoms with van der Waals surface area (Å²) in [5.41, 5.74) is 0. The second-order valence-electron chi connectivity index (χ2n) is 3.06. The molecule has 0 bridgehead atoms. The molecule has 0 amide bonds. The van der Waals surface area contributed by atoms with Gasteiger partial charge in [0.05, 0.1) is 17.7 Å². The van der Waals surface area contributed by atoms with E-state index in [4.69, 9.17) is 21.1 Å². The van der Waals surface area contributed by atoms with Gasteiger partial charge in [0.1, 0.15) is 5.82 Å². The molecule has 15 heavy (non-hydrogen) atoms. The number of hydrogen-bond donors (Lipinski definition) is 1. The Hall–Kier alpha value is -0.840. The van der Waals surface area contributed by atoms with Gasteiger partial charge in [-0.25, -0.2) is 4.98 Å². The van der Waals surface area contributed by atoms with Crippen molar-refractivity contribution in [3.63, 3.8) is 0 Å². The van der Waals surface area contributed by atoms with Crippen LogP contribution < -0.4 is 5.32 Å². The highest BCUT2D eigenvalue weighted by atomic mass is 35.5. The summed E-state index contributed by atoms with van der Waals surface area (Å²) in [5, 5.41) is 3.76. The third kappa shape index (κ3) is 4.46. The third-order valence-corrected chi connectivity index (χ3v) is 2.15. The molecule has 4 nitrogen and oxygen atoms in total. The van der Waals surface area contributed by atoms with E-state index in [9.17, 15) is 0 Å². The zero-order valence-electron chi connectivity index (χ0n) is 8.87. The third-order valence-electron chi connectivity index (χ3n) is 1.92. The van der Waals surface area contributed by atoms with Crippen molar-refractivity contribution in [1.82, 2.24) is 4.98 Å². The molecular formula is C10H15ClN2O2. The summed E-state index contributed by atoms with van der Waals surface area (Å²) in [4.78, 5) is 4.11. The van der Waals surface area contributed by atoms with Crippen LogP contribution >= 0.6 is 11.6 Å². The van der Waals surface area contributed by atoms with Gasteiger partial charge >= 0.3 is 0 Å². The van der Waals surface area contributed by atoms with Gasteiger partial charge in [0.25, 0.3) is 0 Å². The average Bonchev–Trinajstić information content (AvgIpc) is 2.26. The van der Waals surface area contributed by atoms with Crippen molar-refractivity contribution in [2.24, 2.45) is 0 Å². The summed E-state index contributed by atoms with van der Waals surface area (Å²) >= 11 is 5.72. The normalized spacial score (nSPS) is 12.5. The fraction of sp³-hybridized carbons (Fsp3) is 0.500. The summed E-state index contributed by atoms with van der Waals surface area (Å²) in [6.07, 6.45) is 1.62. The van der Waals surface area contributed by atoms with Crippen molar-refractivity contribution in [2.75, 3.05) is 32.7 Å². The first-order valence-electron chi connectivity index (χ1n) is 4.63. The fourth-order valence-corrected chi connectivity index (χ4v) is 1.21. The van der Waals surface area contributed by atoms with E-state index in [2.05, 4.69) is 10.3 Å². The van der Waals surface area contributed by atoms with Crippen molar-refractivity contribution in [2.45, 2.75) is 6.10 Å². The first kappa shape index (κ1) is 12.2. The van der Waals surface area contributed by atoms with Crippen LogP contribution in [0.15, 0.2) is 18.3 Å². The molecule has 0 saturated heterocycles. The number of ether oxygens (including phenoxy) is 2. The van der Waals surface area contributed by atoms with Crippen LogP contribution in [0.4, 0.5) is 5.82 Å². The Balaban J connectivity index is 2.38. The molecule has 0 fully saturated rings. The number of methoxy groups -OCH3 is 2. The number of rotatable bonds is 6.